The molecule has 0 unspecified atom stereocenters. The van der Waals surface area contributed by atoms with Gasteiger partial charge in [0.15, 0.2) is 5.82 Å². The predicted octanol–water partition coefficient (Wildman–Crippen LogP) is 2.82. The molecule has 7 heteroatoms. The fourth-order valence-corrected chi connectivity index (χ4v) is 2.76. The van der Waals surface area contributed by atoms with Crippen LogP contribution in [0.3, 0.4) is 0 Å². The van der Waals surface area contributed by atoms with Gasteiger partial charge >= 0.3 is 0 Å². The monoisotopic (exact) mass is 353 g/mol. The lowest BCUT2D eigenvalue weighted by molar-refractivity contribution is 0.0945. The van der Waals surface area contributed by atoms with Gasteiger partial charge in [-0.3, -0.25) is 4.79 Å². The highest BCUT2D eigenvalue weighted by atomic mass is 19.1. The summed E-state index contributed by atoms with van der Waals surface area (Å²) in [6.45, 7) is 5.88. The van der Waals surface area contributed by atoms with Gasteiger partial charge in [0.05, 0.1) is 5.69 Å². The number of hydrogen-bond acceptors (Lipinski definition) is 4. The van der Waals surface area contributed by atoms with E-state index in [2.05, 4.69) is 20.8 Å². The van der Waals surface area contributed by atoms with Crippen molar-refractivity contribution >= 4 is 5.91 Å². The number of carbonyl (C=O) groups is 1. The molecule has 1 N–H and O–H groups in total. The van der Waals surface area contributed by atoms with Crippen LogP contribution < -0.4 is 5.32 Å². The summed E-state index contributed by atoms with van der Waals surface area (Å²) < 4.78 is 15.6. The van der Waals surface area contributed by atoms with Crippen LogP contribution in [0.4, 0.5) is 4.39 Å². The summed E-state index contributed by atoms with van der Waals surface area (Å²) in [5.74, 6) is 0.119. The highest BCUT2D eigenvalue weighted by Crippen LogP contribution is 2.25. The lowest BCUT2D eigenvalue weighted by atomic mass is 9.84. The van der Waals surface area contributed by atoms with Crippen LogP contribution in [-0.2, 0) is 5.41 Å². The van der Waals surface area contributed by atoms with E-state index in [1.54, 1.807) is 48.0 Å². The quantitative estimate of drug-likeness (QED) is 0.765. The Balaban J connectivity index is 1.75. The molecule has 0 radical (unpaired) electrons. The highest BCUT2D eigenvalue weighted by molar-refractivity contribution is 5.94. The number of nitrogens with one attached hydrogen (secondary N) is 1. The van der Waals surface area contributed by atoms with Gasteiger partial charge in [0.25, 0.3) is 5.91 Å². The summed E-state index contributed by atoms with van der Waals surface area (Å²) in [5, 5.41) is 14.2. The second-order valence-electron chi connectivity index (χ2n) is 6.73. The number of tetrazole rings is 1. The minimum atomic E-state index is -0.537. The number of aromatic nitrogens is 4. The van der Waals surface area contributed by atoms with Crippen LogP contribution in [0.2, 0.25) is 0 Å². The molecule has 1 amide bonds. The zero-order valence-corrected chi connectivity index (χ0v) is 14.9. The van der Waals surface area contributed by atoms with E-state index in [4.69, 9.17) is 0 Å². The van der Waals surface area contributed by atoms with Crippen molar-refractivity contribution in [1.29, 1.82) is 0 Å². The Kier molecular flexibility index (Phi) is 4.79. The van der Waals surface area contributed by atoms with Gasteiger partial charge in [-0.25, -0.2) is 4.39 Å². The third-order valence-corrected chi connectivity index (χ3v) is 4.27. The van der Waals surface area contributed by atoms with Crippen LogP contribution in [-0.4, -0.2) is 32.7 Å². The number of hydrogen-bond donors (Lipinski definition) is 1. The van der Waals surface area contributed by atoms with Gasteiger partial charge in [-0.15, -0.1) is 5.10 Å². The van der Waals surface area contributed by atoms with Crippen LogP contribution >= 0.6 is 0 Å². The number of benzene rings is 2. The van der Waals surface area contributed by atoms with Gasteiger partial charge in [0.2, 0.25) is 0 Å². The third kappa shape index (κ3) is 3.61. The Morgan fingerprint density at radius 1 is 1.19 bits per heavy atom. The van der Waals surface area contributed by atoms with E-state index in [-0.39, 0.29) is 11.7 Å². The fourth-order valence-electron chi connectivity index (χ4n) is 2.76. The van der Waals surface area contributed by atoms with E-state index in [1.807, 2.05) is 19.9 Å². The molecule has 1 aromatic heterocycles. The summed E-state index contributed by atoms with van der Waals surface area (Å²) in [4.78, 5) is 12.5. The Bertz CT molecular complexity index is 935. The molecule has 134 valence electrons. The minimum Gasteiger partial charge on any atom is -0.351 e. The van der Waals surface area contributed by atoms with E-state index in [0.29, 0.717) is 29.2 Å². The van der Waals surface area contributed by atoms with Crippen molar-refractivity contribution in [3.63, 3.8) is 0 Å². The SMILES string of the molecule is Cc1nnnn1-c1cccc(C(=O)NCC(C)(C)c2ccccc2F)c1. The van der Waals surface area contributed by atoms with Crippen LogP contribution in [0.15, 0.2) is 48.5 Å². The second kappa shape index (κ2) is 7.03. The Morgan fingerprint density at radius 2 is 1.96 bits per heavy atom. The molecule has 0 spiro atoms. The van der Waals surface area contributed by atoms with E-state index < -0.39 is 5.41 Å². The molecule has 0 aliphatic carbocycles. The molecule has 3 rings (SSSR count). The normalized spacial score (nSPS) is 11.4. The second-order valence-corrected chi connectivity index (χ2v) is 6.73. The summed E-state index contributed by atoms with van der Waals surface area (Å²) in [7, 11) is 0. The van der Waals surface area contributed by atoms with Crippen molar-refractivity contribution in [3.05, 3.63) is 71.3 Å². The van der Waals surface area contributed by atoms with Crippen LogP contribution in [0.25, 0.3) is 5.69 Å². The summed E-state index contributed by atoms with van der Waals surface area (Å²) in [5.41, 5.74) is 1.22. The van der Waals surface area contributed by atoms with Gasteiger partial charge in [-0.1, -0.05) is 38.1 Å². The topological polar surface area (TPSA) is 72.7 Å². The Labute approximate surface area is 151 Å². The number of halogens is 1. The molecule has 0 saturated carbocycles. The molecular formula is C19H20FN5O. The smallest absolute Gasteiger partial charge is 0.251 e. The summed E-state index contributed by atoms with van der Waals surface area (Å²) in [6, 6.07) is 13.6. The first-order valence-corrected chi connectivity index (χ1v) is 8.27. The zero-order valence-electron chi connectivity index (χ0n) is 14.9. The molecule has 3 aromatic rings. The van der Waals surface area contributed by atoms with E-state index in [1.165, 1.54) is 6.07 Å². The average molecular weight is 353 g/mol. The first-order valence-electron chi connectivity index (χ1n) is 8.27. The summed E-state index contributed by atoms with van der Waals surface area (Å²) >= 11 is 0. The maximum Gasteiger partial charge on any atom is 0.251 e. The molecule has 0 fully saturated rings. The van der Waals surface area contributed by atoms with Crippen molar-refractivity contribution < 1.29 is 9.18 Å². The van der Waals surface area contributed by atoms with Crippen molar-refractivity contribution in [2.45, 2.75) is 26.2 Å². The van der Waals surface area contributed by atoms with Crippen LogP contribution in [0.5, 0.6) is 0 Å². The Morgan fingerprint density at radius 3 is 2.65 bits per heavy atom. The highest BCUT2D eigenvalue weighted by Gasteiger charge is 2.24. The first kappa shape index (κ1) is 17.7. The van der Waals surface area contributed by atoms with E-state index in [0.717, 1.165) is 0 Å². The zero-order chi connectivity index (χ0) is 18.7. The largest absolute Gasteiger partial charge is 0.351 e. The van der Waals surface area contributed by atoms with Crippen molar-refractivity contribution in [2.24, 2.45) is 0 Å². The van der Waals surface area contributed by atoms with Crippen molar-refractivity contribution in [2.75, 3.05) is 6.54 Å². The standard InChI is InChI=1S/C19H20FN5O/c1-13-22-23-24-25(13)15-8-6-7-14(11-15)18(26)21-12-19(2,3)16-9-4-5-10-17(16)20/h4-11H,12H2,1-3H3,(H,21,26). The number of rotatable bonds is 5. The van der Waals surface area contributed by atoms with Crippen LogP contribution in [0, 0.1) is 12.7 Å². The number of nitrogens with zero attached hydrogens (tertiary/aromatic N) is 4. The maximum absolute atomic E-state index is 14.0. The van der Waals surface area contributed by atoms with E-state index >= 15 is 0 Å². The first-order chi connectivity index (χ1) is 12.4. The van der Waals surface area contributed by atoms with Crippen molar-refractivity contribution in [1.82, 2.24) is 25.5 Å². The third-order valence-electron chi connectivity index (χ3n) is 4.27. The van der Waals surface area contributed by atoms with Gasteiger partial charge < -0.3 is 5.32 Å². The van der Waals surface area contributed by atoms with Gasteiger partial charge in [-0.05, 0) is 47.2 Å². The molecule has 26 heavy (non-hydrogen) atoms. The van der Waals surface area contributed by atoms with Gasteiger partial charge in [-0.2, -0.15) is 4.68 Å². The molecule has 0 saturated heterocycles. The lowest BCUT2D eigenvalue weighted by Crippen LogP contribution is -2.37. The Hall–Kier alpha value is -3.09. The molecule has 0 aliphatic rings. The molecule has 0 bridgehead atoms. The molecule has 6 nitrogen and oxygen atoms in total. The van der Waals surface area contributed by atoms with Gasteiger partial charge in [0.1, 0.15) is 5.82 Å². The molecule has 0 aliphatic heterocycles. The number of aryl methyl sites for hydroxylation is 1. The number of amides is 1. The molecule has 1 heterocycles. The molecular weight excluding hydrogens is 333 g/mol. The molecule has 2 aromatic carbocycles. The minimum absolute atomic E-state index is 0.234. The lowest BCUT2D eigenvalue weighted by Gasteiger charge is -2.26. The van der Waals surface area contributed by atoms with Gasteiger partial charge in [0, 0.05) is 17.5 Å². The van der Waals surface area contributed by atoms with Crippen LogP contribution in [0.1, 0.15) is 35.6 Å². The average Bonchev–Trinajstić information content (AvgIpc) is 3.06. The predicted molar refractivity (Wildman–Crippen MR) is 95.7 cm³/mol. The fraction of sp³-hybridized carbons (Fsp3) is 0.263. The number of carbonyl (C=O) groups excluding carboxylic acids is 1. The van der Waals surface area contributed by atoms with E-state index in [9.17, 15) is 9.18 Å². The summed E-state index contributed by atoms with van der Waals surface area (Å²) in [6.07, 6.45) is 0. The maximum atomic E-state index is 14.0. The molecule has 0 atom stereocenters. The van der Waals surface area contributed by atoms with Crippen molar-refractivity contribution in [3.8, 4) is 5.69 Å².